The second kappa shape index (κ2) is 10.1. The van der Waals surface area contributed by atoms with Crippen LogP contribution in [0.1, 0.15) is 32.8 Å². The van der Waals surface area contributed by atoms with Crippen LogP contribution in [0.25, 0.3) is 11.1 Å². The van der Waals surface area contributed by atoms with Crippen molar-refractivity contribution in [2.75, 3.05) is 10.8 Å². The SMILES string of the molecule is CC(=O)NC(C)(C)C[C@H]1CN(S(=O)(=O)c2cccc(C(F)(F)F)c2)c2cc(-c3cc(F)ccc3F)ccc2O1. The first kappa shape index (κ1) is 28.3. The van der Waals surface area contributed by atoms with Crippen molar-refractivity contribution < 1.29 is 39.9 Å². The van der Waals surface area contributed by atoms with Crippen molar-refractivity contribution in [3.8, 4) is 16.9 Å². The molecule has 0 unspecified atom stereocenters. The number of halogens is 5. The third-order valence-corrected chi connectivity index (χ3v) is 7.91. The summed E-state index contributed by atoms with van der Waals surface area (Å²) in [5.74, 6) is -1.71. The molecule has 1 aliphatic heterocycles. The molecule has 0 spiro atoms. The molecule has 1 heterocycles. The molecule has 3 aromatic carbocycles. The predicted molar refractivity (Wildman–Crippen MR) is 135 cm³/mol. The minimum Gasteiger partial charge on any atom is -0.486 e. The Hall–Kier alpha value is -3.67. The quantitative estimate of drug-likeness (QED) is 0.375. The maximum Gasteiger partial charge on any atom is 0.416 e. The van der Waals surface area contributed by atoms with Crippen molar-refractivity contribution in [1.82, 2.24) is 5.32 Å². The van der Waals surface area contributed by atoms with Crippen molar-refractivity contribution in [2.24, 2.45) is 0 Å². The number of rotatable bonds is 6. The summed E-state index contributed by atoms with van der Waals surface area (Å²) in [6.45, 7) is 4.45. The fourth-order valence-corrected chi connectivity index (χ4v) is 6.13. The number of ether oxygens (including phenoxy) is 1. The molecule has 39 heavy (non-hydrogen) atoms. The van der Waals surface area contributed by atoms with Crippen molar-refractivity contribution in [1.29, 1.82) is 0 Å². The lowest BCUT2D eigenvalue weighted by molar-refractivity contribution is -0.137. The molecule has 3 aromatic rings. The fourth-order valence-electron chi connectivity index (χ4n) is 4.59. The summed E-state index contributed by atoms with van der Waals surface area (Å²) in [7, 11) is -4.59. The van der Waals surface area contributed by atoms with Crippen LogP contribution in [-0.2, 0) is 21.0 Å². The number of carbonyl (C=O) groups is 1. The second-order valence-corrected chi connectivity index (χ2v) is 11.7. The molecule has 0 saturated carbocycles. The molecular formula is C27H25F5N2O4S. The van der Waals surface area contributed by atoms with Crippen LogP contribution in [0.4, 0.5) is 27.6 Å². The molecule has 0 saturated heterocycles. The van der Waals surface area contributed by atoms with Crippen LogP contribution in [0, 0.1) is 11.6 Å². The molecule has 1 amide bonds. The van der Waals surface area contributed by atoms with Gasteiger partial charge in [0.1, 0.15) is 23.5 Å². The lowest BCUT2D eigenvalue weighted by Crippen LogP contribution is -2.50. The third kappa shape index (κ3) is 6.16. The number of hydrogen-bond acceptors (Lipinski definition) is 4. The number of alkyl halides is 3. The van der Waals surface area contributed by atoms with Gasteiger partial charge in [-0.2, -0.15) is 13.2 Å². The number of nitrogens with zero attached hydrogens (tertiary/aromatic N) is 1. The maximum absolute atomic E-state index is 14.5. The van der Waals surface area contributed by atoms with Gasteiger partial charge in [-0.25, -0.2) is 17.2 Å². The van der Waals surface area contributed by atoms with E-state index in [-0.39, 0.29) is 41.4 Å². The highest BCUT2D eigenvalue weighted by Gasteiger charge is 2.39. The molecule has 4 rings (SSSR count). The number of benzene rings is 3. The van der Waals surface area contributed by atoms with Gasteiger partial charge in [-0.1, -0.05) is 12.1 Å². The zero-order chi connectivity index (χ0) is 28.8. The minimum absolute atomic E-state index is 0.0536. The number of nitrogens with one attached hydrogen (secondary N) is 1. The molecule has 0 radical (unpaired) electrons. The van der Waals surface area contributed by atoms with E-state index in [2.05, 4.69) is 5.32 Å². The largest absolute Gasteiger partial charge is 0.486 e. The first-order valence-electron chi connectivity index (χ1n) is 11.8. The summed E-state index contributed by atoms with van der Waals surface area (Å²) >= 11 is 0. The van der Waals surface area contributed by atoms with E-state index in [1.165, 1.54) is 25.1 Å². The van der Waals surface area contributed by atoms with Gasteiger partial charge in [0.25, 0.3) is 10.0 Å². The Morgan fingerprint density at radius 3 is 2.44 bits per heavy atom. The van der Waals surface area contributed by atoms with Gasteiger partial charge < -0.3 is 10.1 Å². The Labute approximate surface area is 222 Å². The van der Waals surface area contributed by atoms with Crippen LogP contribution >= 0.6 is 0 Å². The molecule has 1 N–H and O–H groups in total. The van der Waals surface area contributed by atoms with Gasteiger partial charge in [0, 0.05) is 24.4 Å². The van der Waals surface area contributed by atoms with Gasteiger partial charge in [-0.15, -0.1) is 0 Å². The van der Waals surface area contributed by atoms with Crippen LogP contribution in [0.2, 0.25) is 0 Å². The van der Waals surface area contributed by atoms with E-state index < -0.39 is 49.9 Å². The van der Waals surface area contributed by atoms with E-state index in [1.54, 1.807) is 13.8 Å². The molecule has 6 nitrogen and oxygen atoms in total. The number of carbonyl (C=O) groups excluding carboxylic acids is 1. The predicted octanol–water partition coefficient (Wildman–Crippen LogP) is 5.91. The van der Waals surface area contributed by atoms with E-state index in [0.29, 0.717) is 6.07 Å². The summed E-state index contributed by atoms with van der Waals surface area (Å²) in [4.78, 5) is 11.0. The summed E-state index contributed by atoms with van der Waals surface area (Å²) in [6, 6.07) is 10.3. The van der Waals surface area contributed by atoms with Gasteiger partial charge >= 0.3 is 6.18 Å². The summed E-state index contributed by atoms with van der Waals surface area (Å²) in [6.07, 6.45) is -5.43. The van der Waals surface area contributed by atoms with Gasteiger partial charge in [0.2, 0.25) is 5.91 Å². The zero-order valence-corrected chi connectivity index (χ0v) is 22.0. The molecule has 1 aliphatic rings. The molecule has 0 aliphatic carbocycles. The number of fused-ring (bicyclic) bond motifs is 1. The van der Waals surface area contributed by atoms with Crippen molar-refractivity contribution in [3.63, 3.8) is 0 Å². The van der Waals surface area contributed by atoms with Crippen LogP contribution in [0.3, 0.4) is 0 Å². The molecular weight excluding hydrogens is 543 g/mol. The topological polar surface area (TPSA) is 75.7 Å². The van der Waals surface area contributed by atoms with Gasteiger partial charge in [0.15, 0.2) is 0 Å². The molecule has 0 fully saturated rings. The normalized spacial score (nSPS) is 15.9. The highest BCUT2D eigenvalue weighted by Crippen LogP contribution is 2.42. The highest BCUT2D eigenvalue weighted by molar-refractivity contribution is 7.92. The molecule has 12 heteroatoms. The third-order valence-electron chi connectivity index (χ3n) is 6.13. The summed E-state index contributed by atoms with van der Waals surface area (Å²) in [5, 5.41) is 2.75. The van der Waals surface area contributed by atoms with Gasteiger partial charge in [0.05, 0.1) is 22.7 Å². The zero-order valence-electron chi connectivity index (χ0n) is 21.1. The lowest BCUT2D eigenvalue weighted by Gasteiger charge is -2.39. The minimum atomic E-state index is -4.78. The van der Waals surface area contributed by atoms with Crippen LogP contribution in [0.15, 0.2) is 65.6 Å². The maximum atomic E-state index is 14.5. The Balaban J connectivity index is 1.83. The fraction of sp³-hybridized carbons (Fsp3) is 0.296. The monoisotopic (exact) mass is 568 g/mol. The number of sulfonamides is 1. The second-order valence-electron chi connectivity index (χ2n) is 9.88. The first-order valence-corrected chi connectivity index (χ1v) is 13.3. The average molecular weight is 569 g/mol. The number of anilines is 1. The highest BCUT2D eigenvalue weighted by atomic mass is 32.2. The van der Waals surface area contributed by atoms with E-state index in [9.17, 15) is 35.2 Å². The van der Waals surface area contributed by atoms with E-state index in [0.717, 1.165) is 40.7 Å². The average Bonchev–Trinajstić information content (AvgIpc) is 2.83. The Morgan fingerprint density at radius 1 is 1.05 bits per heavy atom. The van der Waals surface area contributed by atoms with E-state index in [4.69, 9.17) is 4.74 Å². The van der Waals surface area contributed by atoms with Crippen LogP contribution in [-0.4, -0.2) is 32.5 Å². The van der Waals surface area contributed by atoms with E-state index in [1.807, 2.05) is 0 Å². The lowest BCUT2D eigenvalue weighted by atomic mass is 9.95. The van der Waals surface area contributed by atoms with Crippen molar-refractivity contribution >= 4 is 21.6 Å². The summed E-state index contributed by atoms with van der Waals surface area (Å²) < 4.78 is 103. The standard InChI is InChI=1S/C27H25F5N2O4S/c1-16(35)33-26(2,3)14-20-15-34(39(36,37)21-6-4-5-18(12-21)27(30,31)32)24-11-17(7-10-25(24)38-20)22-13-19(28)8-9-23(22)29/h4-13,20H,14-15H2,1-3H3,(H,33,35)/t20-/m0/s1. The number of amides is 1. The molecule has 0 aromatic heterocycles. The Kier molecular flexibility index (Phi) is 7.37. The van der Waals surface area contributed by atoms with E-state index >= 15 is 0 Å². The van der Waals surface area contributed by atoms with Crippen molar-refractivity contribution in [2.45, 2.75) is 49.9 Å². The Bertz CT molecular complexity index is 1520. The number of hydrogen-bond donors (Lipinski definition) is 1. The summed E-state index contributed by atoms with van der Waals surface area (Å²) in [5.41, 5.74) is -2.01. The van der Waals surface area contributed by atoms with Crippen molar-refractivity contribution in [3.05, 3.63) is 77.9 Å². The molecule has 1 atom stereocenters. The first-order chi connectivity index (χ1) is 18.1. The van der Waals surface area contributed by atoms with Crippen LogP contribution < -0.4 is 14.4 Å². The van der Waals surface area contributed by atoms with Gasteiger partial charge in [-0.05, 0) is 67.9 Å². The molecule has 0 bridgehead atoms. The molecule has 208 valence electrons. The smallest absolute Gasteiger partial charge is 0.416 e. The van der Waals surface area contributed by atoms with Gasteiger partial charge in [-0.3, -0.25) is 9.10 Å². The Morgan fingerprint density at radius 2 is 1.77 bits per heavy atom. The van der Waals surface area contributed by atoms with Crippen LogP contribution in [0.5, 0.6) is 5.75 Å².